The lowest BCUT2D eigenvalue weighted by molar-refractivity contribution is -0.127. The van der Waals surface area contributed by atoms with Gasteiger partial charge in [-0.1, -0.05) is 27.2 Å². The van der Waals surface area contributed by atoms with Crippen molar-refractivity contribution in [3.63, 3.8) is 0 Å². The number of hydrogen-bond acceptors (Lipinski definition) is 2. The summed E-state index contributed by atoms with van der Waals surface area (Å²) < 4.78 is 0. The molecule has 3 heteroatoms. The van der Waals surface area contributed by atoms with Crippen LogP contribution in [-0.2, 0) is 4.79 Å². The lowest BCUT2D eigenvalue weighted by Gasteiger charge is -2.40. The maximum absolute atomic E-state index is 12.1. The van der Waals surface area contributed by atoms with Gasteiger partial charge in [-0.3, -0.25) is 4.79 Å². The monoisotopic (exact) mass is 257 g/mol. The molecule has 0 bridgehead atoms. The number of amides is 1. The Hall–Kier alpha value is -0.180. The quantitative estimate of drug-likeness (QED) is 0.766. The fourth-order valence-corrected chi connectivity index (χ4v) is 2.99. The average Bonchev–Trinajstić information content (AvgIpc) is 2.29. The maximum atomic E-state index is 12.1. The van der Waals surface area contributed by atoms with Crippen molar-refractivity contribution < 1.29 is 4.79 Å². The molecular formula is C14H27NOS. The first-order chi connectivity index (χ1) is 7.99. The molecule has 0 spiro atoms. The third kappa shape index (κ3) is 4.20. The normalized spacial score (nSPS) is 29.4. The summed E-state index contributed by atoms with van der Waals surface area (Å²) >= 11 is 1.78. The van der Waals surface area contributed by atoms with Gasteiger partial charge in [-0.05, 0) is 36.9 Å². The van der Waals surface area contributed by atoms with Gasteiger partial charge in [0.05, 0.1) is 0 Å². The highest BCUT2D eigenvalue weighted by atomic mass is 32.2. The molecule has 2 unspecified atom stereocenters. The molecule has 0 aliphatic heterocycles. The number of carbonyl (C=O) groups is 1. The standard InChI is InChI=1S/C14H27NOS/c1-11(2)14(3)7-5-6-12(10-14)13(16)15-8-9-17-4/h11-12H,5-10H2,1-4H3,(H,15,16). The number of nitrogens with one attached hydrogen (secondary N) is 1. The van der Waals surface area contributed by atoms with Crippen LogP contribution in [0.15, 0.2) is 0 Å². The van der Waals surface area contributed by atoms with Crippen LogP contribution in [0.4, 0.5) is 0 Å². The molecule has 1 saturated carbocycles. The van der Waals surface area contributed by atoms with Crippen molar-refractivity contribution in [1.29, 1.82) is 0 Å². The van der Waals surface area contributed by atoms with E-state index in [-0.39, 0.29) is 11.8 Å². The lowest BCUT2D eigenvalue weighted by Crippen LogP contribution is -2.39. The van der Waals surface area contributed by atoms with E-state index in [9.17, 15) is 4.79 Å². The Morgan fingerprint density at radius 3 is 2.82 bits per heavy atom. The van der Waals surface area contributed by atoms with Crippen LogP contribution in [0, 0.1) is 17.3 Å². The number of thioether (sulfide) groups is 1. The highest BCUT2D eigenvalue weighted by Crippen LogP contribution is 2.44. The van der Waals surface area contributed by atoms with E-state index in [0.29, 0.717) is 11.3 Å². The molecule has 0 heterocycles. The van der Waals surface area contributed by atoms with Gasteiger partial charge in [0.25, 0.3) is 0 Å². The molecular weight excluding hydrogens is 230 g/mol. The number of carbonyl (C=O) groups excluding carboxylic acids is 1. The van der Waals surface area contributed by atoms with Crippen molar-refractivity contribution in [1.82, 2.24) is 5.32 Å². The molecule has 0 aromatic rings. The Morgan fingerprint density at radius 1 is 1.53 bits per heavy atom. The predicted octanol–water partition coefficient (Wildman–Crippen LogP) is 3.32. The summed E-state index contributed by atoms with van der Waals surface area (Å²) in [5.41, 5.74) is 0.361. The fraction of sp³-hybridized carbons (Fsp3) is 0.929. The number of hydrogen-bond donors (Lipinski definition) is 1. The second-order valence-corrected chi connectivity index (χ2v) is 6.87. The van der Waals surface area contributed by atoms with E-state index >= 15 is 0 Å². The van der Waals surface area contributed by atoms with E-state index in [2.05, 4.69) is 32.3 Å². The molecule has 0 aromatic heterocycles. The molecule has 100 valence electrons. The summed E-state index contributed by atoms with van der Waals surface area (Å²) in [7, 11) is 0. The molecule has 1 aliphatic rings. The molecule has 1 rings (SSSR count). The maximum Gasteiger partial charge on any atom is 0.223 e. The first kappa shape index (κ1) is 14.9. The van der Waals surface area contributed by atoms with Crippen LogP contribution in [0.25, 0.3) is 0 Å². The minimum Gasteiger partial charge on any atom is -0.355 e. The van der Waals surface area contributed by atoms with Crippen LogP contribution in [-0.4, -0.2) is 24.5 Å². The van der Waals surface area contributed by atoms with Crippen LogP contribution in [0.2, 0.25) is 0 Å². The highest BCUT2D eigenvalue weighted by molar-refractivity contribution is 7.98. The first-order valence-electron chi connectivity index (χ1n) is 6.76. The smallest absolute Gasteiger partial charge is 0.223 e. The van der Waals surface area contributed by atoms with E-state index in [4.69, 9.17) is 0 Å². The molecule has 0 aromatic carbocycles. The largest absolute Gasteiger partial charge is 0.355 e. The molecule has 0 radical (unpaired) electrons. The summed E-state index contributed by atoms with van der Waals surface area (Å²) in [5.74, 6) is 2.22. The van der Waals surface area contributed by atoms with Crippen molar-refractivity contribution in [2.24, 2.45) is 17.3 Å². The van der Waals surface area contributed by atoms with Crippen LogP contribution >= 0.6 is 11.8 Å². The zero-order valence-corrected chi connectivity index (χ0v) is 12.5. The Balaban J connectivity index is 2.46. The minimum atomic E-state index is 0.248. The van der Waals surface area contributed by atoms with Crippen molar-refractivity contribution in [2.45, 2.75) is 46.5 Å². The van der Waals surface area contributed by atoms with Gasteiger partial charge in [-0.2, -0.15) is 11.8 Å². The third-order valence-electron chi connectivity index (χ3n) is 4.38. The average molecular weight is 257 g/mol. The molecule has 1 N–H and O–H groups in total. The highest BCUT2D eigenvalue weighted by Gasteiger charge is 2.37. The van der Waals surface area contributed by atoms with Crippen molar-refractivity contribution in [3.05, 3.63) is 0 Å². The predicted molar refractivity (Wildman–Crippen MR) is 76.3 cm³/mol. The molecule has 1 fully saturated rings. The van der Waals surface area contributed by atoms with Crippen molar-refractivity contribution >= 4 is 17.7 Å². The SMILES string of the molecule is CSCCNC(=O)C1CCCC(C)(C(C)C)C1. The van der Waals surface area contributed by atoms with Crippen LogP contribution in [0.1, 0.15) is 46.5 Å². The van der Waals surface area contributed by atoms with Gasteiger partial charge in [0, 0.05) is 18.2 Å². The zero-order valence-electron chi connectivity index (χ0n) is 11.7. The first-order valence-corrected chi connectivity index (χ1v) is 8.15. The molecule has 2 atom stereocenters. The van der Waals surface area contributed by atoms with Crippen LogP contribution in [0.3, 0.4) is 0 Å². The second kappa shape index (κ2) is 6.67. The molecule has 1 amide bonds. The summed E-state index contributed by atoms with van der Waals surface area (Å²) in [6.45, 7) is 7.73. The van der Waals surface area contributed by atoms with Gasteiger partial charge < -0.3 is 5.32 Å². The summed E-state index contributed by atoms with van der Waals surface area (Å²) in [5, 5.41) is 3.07. The Bertz CT molecular complexity index is 255. The number of rotatable bonds is 5. The van der Waals surface area contributed by atoms with E-state index in [1.54, 1.807) is 11.8 Å². The van der Waals surface area contributed by atoms with E-state index in [0.717, 1.165) is 25.1 Å². The molecule has 1 aliphatic carbocycles. The molecule has 2 nitrogen and oxygen atoms in total. The van der Waals surface area contributed by atoms with Gasteiger partial charge in [0.1, 0.15) is 0 Å². The van der Waals surface area contributed by atoms with E-state index in [1.165, 1.54) is 12.8 Å². The van der Waals surface area contributed by atoms with Crippen LogP contribution in [0.5, 0.6) is 0 Å². The summed E-state index contributed by atoms with van der Waals surface area (Å²) in [6, 6.07) is 0. The second-order valence-electron chi connectivity index (χ2n) is 5.89. The fourth-order valence-electron chi connectivity index (χ4n) is 2.69. The van der Waals surface area contributed by atoms with E-state index in [1.807, 2.05) is 0 Å². The van der Waals surface area contributed by atoms with Crippen molar-refractivity contribution in [3.8, 4) is 0 Å². The molecule has 0 saturated heterocycles. The Morgan fingerprint density at radius 2 is 2.24 bits per heavy atom. The minimum absolute atomic E-state index is 0.248. The van der Waals surface area contributed by atoms with Gasteiger partial charge >= 0.3 is 0 Å². The van der Waals surface area contributed by atoms with Gasteiger partial charge in [-0.25, -0.2) is 0 Å². The van der Waals surface area contributed by atoms with E-state index < -0.39 is 0 Å². The summed E-state index contributed by atoms with van der Waals surface area (Å²) in [6.07, 6.45) is 6.69. The summed E-state index contributed by atoms with van der Waals surface area (Å²) in [4.78, 5) is 12.1. The zero-order chi connectivity index (χ0) is 12.9. The Kier molecular flexibility index (Phi) is 5.84. The molecule has 17 heavy (non-hydrogen) atoms. The van der Waals surface area contributed by atoms with Gasteiger partial charge in [-0.15, -0.1) is 0 Å². The van der Waals surface area contributed by atoms with Crippen molar-refractivity contribution in [2.75, 3.05) is 18.6 Å². The van der Waals surface area contributed by atoms with Gasteiger partial charge in [0.2, 0.25) is 5.91 Å². The lowest BCUT2D eigenvalue weighted by atomic mass is 9.65. The van der Waals surface area contributed by atoms with Crippen LogP contribution < -0.4 is 5.32 Å². The van der Waals surface area contributed by atoms with Gasteiger partial charge in [0.15, 0.2) is 0 Å². The topological polar surface area (TPSA) is 29.1 Å². The Labute approximate surface area is 110 Å². The third-order valence-corrected chi connectivity index (χ3v) is 5.00.